The smallest absolute Gasteiger partial charge is 0.195 e. The number of rotatable bonds is 1. The van der Waals surface area contributed by atoms with E-state index < -0.39 is 11.9 Å². The molecule has 7 heavy (non-hydrogen) atoms. The summed E-state index contributed by atoms with van der Waals surface area (Å²) in [7, 11) is 0. The Balaban J connectivity index is 3.68. The zero-order valence-electron chi connectivity index (χ0n) is 3.91. The molecule has 0 atom stereocenters. The fraction of sp³-hybridized carbons (Fsp3) is 0.250. The van der Waals surface area contributed by atoms with Crippen molar-refractivity contribution in [3.8, 4) is 0 Å². The Hall–Kier alpha value is -0.730. The van der Waals surface area contributed by atoms with Crippen LogP contribution in [0.5, 0.6) is 0 Å². The first-order valence-corrected chi connectivity index (χ1v) is 1.68. The van der Waals surface area contributed by atoms with Gasteiger partial charge in [0.25, 0.3) is 0 Å². The number of hydrogen-bond donors (Lipinski definition) is 0. The standard InChI is InChI=1S/C4H5F2N/c1-3(5)7-4(2)6/h1H2,2H3. The van der Waals surface area contributed by atoms with Crippen molar-refractivity contribution in [1.82, 2.24) is 0 Å². The second-order valence-electron chi connectivity index (χ2n) is 0.985. The maximum absolute atomic E-state index is 11.4. The SMILES string of the molecule is C=C(F)N=C(C)F. The minimum absolute atomic E-state index is 0.812. The molecule has 3 heteroatoms. The van der Waals surface area contributed by atoms with Crippen LogP contribution in [0, 0.1) is 0 Å². The fourth-order valence-corrected chi connectivity index (χ4v) is 0.167. The van der Waals surface area contributed by atoms with Gasteiger partial charge in [0.2, 0.25) is 5.95 Å². The van der Waals surface area contributed by atoms with Gasteiger partial charge in [-0.15, -0.1) is 0 Å². The quantitative estimate of drug-likeness (QED) is 0.356. The number of aliphatic imine (C=N–C) groups is 1. The van der Waals surface area contributed by atoms with E-state index in [1.165, 1.54) is 0 Å². The van der Waals surface area contributed by atoms with E-state index in [1.807, 2.05) is 0 Å². The van der Waals surface area contributed by atoms with Gasteiger partial charge in [0, 0.05) is 6.92 Å². The fourth-order valence-electron chi connectivity index (χ4n) is 0.167. The predicted octanol–water partition coefficient (Wildman–Crippen LogP) is 1.81. The highest BCUT2D eigenvalue weighted by Gasteiger charge is 1.83. The topological polar surface area (TPSA) is 12.4 Å². The Bertz CT molecular complexity index is 102. The summed E-state index contributed by atoms with van der Waals surface area (Å²) in [5.41, 5.74) is 0. The molecule has 40 valence electrons. The second-order valence-corrected chi connectivity index (χ2v) is 0.985. The summed E-state index contributed by atoms with van der Waals surface area (Å²) in [6.07, 6.45) is 0. The molecular weight excluding hydrogens is 100 g/mol. The third-order valence-corrected chi connectivity index (χ3v) is 0.275. The maximum Gasteiger partial charge on any atom is 0.207 e. The average molecular weight is 105 g/mol. The summed E-state index contributed by atoms with van der Waals surface area (Å²) in [6, 6.07) is 0. The molecule has 0 bridgehead atoms. The lowest BCUT2D eigenvalue weighted by atomic mass is 10.8. The zero-order valence-corrected chi connectivity index (χ0v) is 3.91. The molecule has 0 aromatic heterocycles. The van der Waals surface area contributed by atoms with Crippen LogP contribution in [0.1, 0.15) is 6.92 Å². The van der Waals surface area contributed by atoms with Gasteiger partial charge < -0.3 is 0 Å². The molecule has 0 spiro atoms. The van der Waals surface area contributed by atoms with Crippen molar-refractivity contribution >= 4 is 5.97 Å². The van der Waals surface area contributed by atoms with Crippen molar-refractivity contribution in [2.45, 2.75) is 6.92 Å². The van der Waals surface area contributed by atoms with E-state index in [1.54, 1.807) is 0 Å². The molecule has 0 aliphatic carbocycles. The first-order valence-electron chi connectivity index (χ1n) is 1.68. The molecule has 0 N–H and O–H groups in total. The van der Waals surface area contributed by atoms with Gasteiger partial charge in [-0.2, -0.15) is 13.8 Å². The summed E-state index contributed by atoms with van der Waals surface area (Å²) in [4.78, 5) is 2.67. The molecule has 0 aromatic rings. The Kier molecular flexibility index (Phi) is 2.19. The Morgan fingerprint density at radius 1 is 1.57 bits per heavy atom. The Morgan fingerprint density at radius 2 is 2.00 bits per heavy atom. The third-order valence-electron chi connectivity index (χ3n) is 0.275. The lowest BCUT2D eigenvalue weighted by molar-refractivity contribution is 0.624. The van der Waals surface area contributed by atoms with Crippen LogP contribution < -0.4 is 0 Å². The monoisotopic (exact) mass is 105 g/mol. The molecule has 0 aliphatic heterocycles. The molecule has 0 amide bonds. The molecule has 0 saturated heterocycles. The van der Waals surface area contributed by atoms with Crippen molar-refractivity contribution in [1.29, 1.82) is 0 Å². The lowest BCUT2D eigenvalue weighted by Gasteiger charge is -1.78. The highest BCUT2D eigenvalue weighted by atomic mass is 19.1. The van der Waals surface area contributed by atoms with Crippen LogP contribution in [0.3, 0.4) is 0 Å². The van der Waals surface area contributed by atoms with Gasteiger partial charge in [0.05, 0.1) is 0 Å². The second kappa shape index (κ2) is 2.44. The van der Waals surface area contributed by atoms with Crippen molar-refractivity contribution in [3.63, 3.8) is 0 Å². The van der Waals surface area contributed by atoms with Crippen LogP contribution in [-0.2, 0) is 0 Å². The Labute approximate surface area is 40.4 Å². The molecule has 0 aromatic carbocycles. The van der Waals surface area contributed by atoms with Gasteiger partial charge in [-0.1, -0.05) is 0 Å². The van der Waals surface area contributed by atoms with Crippen molar-refractivity contribution in [2.75, 3.05) is 0 Å². The molecule has 0 fully saturated rings. The maximum atomic E-state index is 11.4. The van der Waals surface area contributed by atoms with E-state index in [0.29, 0.717) is 0 Å². The summed E-state index contributed by atoms with van der Waals surface area (Å²) >= 11 is 0. The summed E-state index contributed by atoms with van der Waals surface area (Å²) in [6.45, 7) is 3.75. The van der Waals surface area contributed by atoms with E-state index in [4.69, 9.17) is 0 Å². The van der Waals surface area contributed by atoms with Crippen LogP contribution in [0.4, 0.5) is 8.78 Å². The van der Waals surface area contributed by atoms with E-state index in [-0.39, 0.29) is 0 Å². The van der Waals surface area contributed by atoms with E-state index >= 15 is 0 Å². The first kappa shape index (κ1) is 6.27. The van der Waals surface area contributed by atoms with Gasteiger partial charge in [-0.25, -0.2) is 0 Å². The van der Waals surface area contributed by atoms with Gasteiger partial charge in [0.15, 0.2) is 5.97 Å². The summed E-state index contributed by atoms with van der Waals surface area (Å²) in [5.74, 6) is -1.81. The highest BCUT2D eigenvalue weighted by Crippen LogP contribution is 1.92. The normalized spacial score (nSPS) is 11.6. The number of halogens is 2. The minimum atomic E-state index is -1.00. The molecule has 0 saturated carbocycles. The van der Waals surface area contributed by atoms with E-state index in [9.17, 15) is 8.78 Å². The number of nitrogens with zero attached hydrogens (tertiary/aromatic N) is 1. The van der Waals surface area contributed by atoms with E-state index in [2.05, 4.69) is 11.6 Å². The summed E-state index contributed by atoms with van der Waals surface area (Å²) < 4.78 is 22.7. The lowest BCUT2D eigenvalue weighted by Crippen LogP contribution is -1.74. The molecule has 0 radical (unpaired) electrons. The van der Waals surface area contributed by atoms with Gasteiger partial charge in [-0.05, 0) is 6.58 Å². The molecule has 0 rings (SSSR count). The summed E-state index contributed by atoms with van der Waals surface area (Å²) in [5, 5.41) is 0. The molecule has 0 heterocycles. The third kappa shape index (κ3) is 5.27. The van der Waals surface area contributed by atoms with Crippen LogP contribution in [0.15, 0.2) is 17.5 Å². The van der Waals surface area contributed by atoms with Crippen molar-refractivity contribution in [3.05, 3.63) is 12.5 Å². The predicted molar refractivity (Wildman–Crippen MR) is 24.5 cm³/mol. The molecule has 0 unspecified atom stereocenters. The highest BCUT2D eigenvalue weighted by molar-refractivity contribution is 5.72. The Morgan fingerprint density at radius 3 is 2.00 bits per heavy atom. The first-order chi connectivity index (χ1) is 3.13. The minimum Gasteiger partial charge on any atom is -0.195 e. The molecule has 1 nitrogen and oxygen atoms in total. The average Bonchev–Trinajstić information content (AvgIpc) is 1.27. The van der Waals surface area contributed by atoms with Gasteiger partial charge in [0.1, 0.15) is 0 Å². The largest absolute Gasteiger partial charge is 0.207 e. The van der Waals surface area contributed by atoms with E-state index in [0.717, 1.165) is 6.92 Å². The van der Waals surface area contributed by atoms with Crippen molar-refractivity contribution in [2.24, 2.45) is 4.99 Å². The number of hydrogen-bond acceptors (Lipinski definition) is 1. The van der Waals surface area contributed by atoms with Crippen LogP contribution >= 0.6 is 0 Å². The molecule has 0 aliphatic rings. The zero-order chi connectivity index (χ0) is 5.86. The van der Waals surface area contributed by atoms with Crippen LogP contribution in [0.25, 0.3) is 0 Å². The van der Waals surface area contributed by atoms with Crippen LogP contribution in [-0.4, -0.2) is 5.97 Å². The van der Waals surface area contributed by atoms with Crippen molar-refractivity contribution < 1.29 is 8.78 Å². The molecular formula is C4H5F2N. The van der Waals surface area contributed by atoms with Gasteiger partial charge >= 0.3 is 0 Å². The van der Waals surface area contributed by atoms with Gasteiger partial charge in [-0.3, -0.25) is 0 Å². The van der Waals surface area contributed by atoms with Crippen LogP contribution in [0.2, 0.25) is 0 Å².